The van der Waals surface area contributed by atoms with Gasteiger partial charge in [-0.05, 0) is 29.8 Å². The van der Waals surface area contributed by atoms with Gasteiger partial charge < -0.3 is 5.11 Å². The van der Waals surface area contributed by atoms with Crippen molar-refractivity contribution in [2.75, 3.05) is 0 Å². The highest BCUT2D eigenvalue weighted by atomic mass is 19.4. The molecular formula is C13H10F3NO. The molecule has 0 aliphatic rings. The van der Waals surface area contributed by atoms with Crippen molar-refractivity contribution in [2.24, 2.45) is 0 Å². The molecular weight excluding hydrogens is 243 g/mol. The second kappa shape index (κ2) is 4.78. The second-order valence-electron chi connectivity index (χ2n) is 3.78. The topological polar surface area (TPSA) is 33.1 Å². The van der Waals surface area contributed by atoms with Gasteiger partial charge in [-0.2, -0.15) is 13.2 Å². The molecule has 0 saturated carbocycles. The molecule has 2 nitrogen and oxygen atoms in total. The van der Waals surface area contributed by atoms with Crippen LogP contribution in [0.2, 0.25) is 0 Å². The van der Waals surface area contributed by atoms with Crippen LogP contribution in [-0.4, -0.2) is 10.1 Å². The second-order valence-corrected chi connectivity index (χ2v) is 3.78. The van der Waals surface area contributed by atoms with Crippen LogP contribution in [0, 0.1) is 0 Å². The van der Waals surface area contributed by atoms with E-state index in [0.717, 1.165) is 12.1 Å². The van der Waals surface area contributed by atoms with Crippen LogP contribution in [0.1, 0.15) is 22.9 Å². The van der Waals surface area contributed by atoms with Crippen LogP contribution in [0.25, 0.3) is 0 Å². The van der Waals surface area contributed by atoms with E-state index in [1.165, 1.54) is 18.3 Å². The van der Waals surface area contributed by atoms with E-state index in [1.807, 2.05) is 0 Å². The van der Waals surface area contributed by atoms with Crippen molar-refractivity contribution in [3.05, 3.63) is 65.5 Å². The fourth-order valence-corrected chi connectivity index (χ4v) is 1.56. The van der Waals surface area contributed by atoms with E-state index in [9.17, 15) is 18.3 Å². The van der Waals surface area contributed by atoms with Crippen molar-refractivity contribution in [1.29, 1.82) is 0 Å². The third-order valence-corrected chi connectivity index (χ3v) is 2.52. The summed E-state index contributed by atoms with van der Waals surface area (Å²) < 4.78 is 37.1. The predicted octanol–water partition coefficient (Wildman–Crippen LogP) is 3.18. The highest BCUT2D eigenvalue weighted by Gasteiger charge is 2.30. The van der Waals surface area contributed by atoms with Crippen molar-refractivity contribution in [2.45, 2.75) is 12.3 Å². The Morgan fingerprint density at radius 1 is 1.00 bits per heavy atom. The SMILES string of the molecule is O[C@@H](c1ccc(C(F)(F)F)cc1)c1ccccn1. The molecule has 2 rings (SSSR count). The summed E-state index contributed by atoms with van der Waals surface area (Å²) in [5.41, 5.74) is 0.0402. The van der Waals surface area contributed by atoms with Crippen LogP contribution >= 0.6 is 0 Å². The average Bonchev–Trinajstić information content (AvgIpc) is 2.38. The Morgan fingerprint density at radius 2 is 1.67 bits per heavy atom. The molecule has 0 saturated heterocycles. The number of alkyl halides is 3. The lowest BCUT2D eigenvalue weighted by molar-refractivity contribution is -0.137. The predicted molar refractivity (Wildman–Crippen MR) is 59.7 cm³/mol. The first-order valence-corrected chi connectivity index (χ1v) is 5.24. The van der Waals surface area contributed by atoms with E-state index in [-0.39, 0.29) is 0 Å². The smallest absolute Gasteiger partial charge is 0.382 e. The molecule has 0 amide bonds. The lowest BCUT2D eigenvalue weighted by Crippen LogP contribution is -2.06. The number of nitrogens with zero attached hydrogens (tertiary/aromatic N) is 1. The number of pyridine rings is 1. The van der Waals surface area contributed by atoms with E-state index < -0.39 is 17.8 Å². The number of halogens is 3. The maximum Gasteiger partial charge on any atom is 0.416 e. The zero-order chi connectivity index (χ0) is 13.2. The summed E-state index contributed by atoms with van der Waals surface area (Å²) >= 11 is 0. The number of aliphatic hydroxyl groups is 1. The lowest BCUT2D eigenvalue weighted by Gasteiger charge is -2.12. The van der Waals surface area contributed by atoms with E-state index >= 15 is 0 Å². The Kier molecular flexibility index (Phi) is 3.34. The standard InChI is InChI=1S/C13H10F3NO/c14-13(15,16)10-6-4-9(5-7-10)12(18)11-3-1-2-8-17-11/h1-8,12,18H/t12-/m0/s1. The van der Waals surface area contributed by atoms with Gasteiger partial charge in [0.05, 0.1) is 11.3 Å². The minimum absolute atomic E-state index is 0.377. The van der Waals surface area contributed by atoms with Gasteiger partial charge in [-0.1, -0.05) is 18.2 Å². The molecule has 94 valence electrons. The average molecular weight is 253 g/mol. The van der Waals surface area contributed by atoms with Gasteiger partial charge in [-0.15, -0.1) is 0 Å². The molecule has 0 unspecified atom stereocenters. The molecule has 1 N–H and O–H groups in total. The molecule has 1 aromatic carbocycles. The van der Waals surface area contributed by atoms with E-state index in [4.69, 9.17) is 0 Å². The molecule has 18 heavy (non-hydrogen) atoms. The summed E-state index contributed by atoms with van der Waals surface area (Å²) in [7, 11) is 0. The lowest BCUT2D eigenvalue weighted by atomic mass is 10.0. The third kappa shape index (κ3) is 2.68. The number of aromatic nitrogens is 1. The molecule has 0 spiro atoms. The summed E-state index contributed by atoms with van der Waals surface area (Å²) in [5, 5.41) is 9.94. The highest BCUT2D eigenvalue weighted by Crippen LogP contribution is 2.30. The van der Waals surface area contributed by atoms with Crippen LogP contribution in [0.4, 0.5) is 13.2 Å². The van der Waals surface area contributed by atoms with Crippen molar-refractivity contribution >= 4 is 0 Å². The van der Waals surface area contributed by atoms with Gasteiger partial charge in [-0.3, -0.25) is 4.98 Å². The van der Waals surface area contributed by atoms with Crippen molar-refractivity contribution in [1.82, 2.24) is 4.98 Å². The van der Waals surface area contributed by atoms with E-state index in [0.29, 0.717) is 11.3 Å². The van der Waals surface area contributed by atoms with Gasteiger partial charge in [0.1, 0.15) is 6.10 Å². The zero-order valence-electron chi connectivity index (χ0n) is 9.22. The van der Waals surface area contributed by atoms with Gasteiger partial charge in [0.25, 0.3) is 0 Å². The highest BCUT2D eigenvalue weighted by molar-refractivity contribution is 5.30. The maximum absolute atomic E-state index is 12.4. The largest absolute Gasteiger partial charge is 0.416 e. The van der Waals surface area contributed by atoms with Crippen molar-refractivity contribution in [3.8, 4) is 0 Å². The molecule has 0 aliphatic heterocycles. The number of rotatable bonds is 2. The Labute approximate surface area is 102 Å². The Morgan fingerprint density at radius 3 is 2.17 bits per heavy atom. The van der Waals surface area contributed by atoms with E-state index in [1.54, 1.807) is 18.2 Å². The molecule has 1 atom stereocenters. The minimum atomic E-state index is -4.37. The zero-order valence-corrected chi connectivity index (χ0v) is 9.22. The molecule has 0 fully saturated rings. The molecule has 1 aromatic heterocycles. The number of hydrogen-bond donors (Lipinski definition) is 1. The first kappa shape index (κ1) is 12.6. The normalized spacial score (nSPS) is 13.3. The summed E-state index contributed by atoms with van der Waals surface area (Å²) in [6, 6.07) is 9.41. The van der Waals surface area contributed by atoms with Crippen LogP contribution in [0.5, 0.6) is 0 Å². The quantitative estimate of drug-likeness (QED) is 0.891. The summed E-state index contributed by atoms with van der Waals surface area (Å²) in [6.07, 6.45) is -3.87. The summed E-state index contributed by atoms with van der Waals surface area (Å²) in [6.45, 7) is 0. The molecule has 1 heterocycles. The van der Waals surface area contributed by atoms with Crippen molar-refractivity contribution < 1.29 is 18.3 Å². The van der Waals surface area contributed by atoms with Crippen LogP contribution in [0.3, 0.4) is 0 Å². The Hall–Kier alpha value is -1.88. The molecule has 0 aliphatic carbocycles. The Balaban J connectivity index is 2.25. The van der Waals surface area contributed by atoms with Crippen LogP contribution < -0.4 is 0 Å². The van der Waals surface area contributed by atoms with Crippen LogP contribution in [0.15, 0.2) is 48.7 Å². The van der Waals surface area contributed by atoms with Gasteiger partial charge in [0, 0.05) is 6.20 Å². The maximum atomic E-state index is 12.4. The van der Waals surface area contributed by atoms with E-state index in [2.05, 4.69) is 4.98 Å². The molecule has 2 aromatic rings. The van der Waals surface area contributed by atoms with Gasteiger partial charge in [0.2, 0.25) is 0 Å². The number of benzene rings is 1. The number of aliphatic hydroxyl groups excluding tert-OH is 1. The third-order valence-electron chi connectivity index (χ3n) is 2.52. The minimum Gasteiger partial charge on any atom is -0.382 e. The summed E-state index contributed by atoms with van der Waals surface area (Å²) in [5.74, 6) is 0. The van der Waals surface area contributed by atoms with Gasteiger partial charge in [0.15, 0.2) is 0 Å². The fraction of sp³-hybridized carbons (Fsp3) is 0.154. The van der Waals surface area contributed by atoms with Gasteiger partial charge >= 0.3 is 6.18 Å². The first-order valence-electron chi connectivity index (χ1n) is 5.24. The number of hydrogen-bond acceptors (Lipinski definition) is 2. The fourth-order valence-electron chi connectivity index (χ4n) is 1.56. The molecule has 0 radical (unpaired) electrons. The first-order chi connectivity index (χ1) is 8.48. The molecule has 5 heteroatoms. The van der Waals surface area contributed by atoms with Gasteiger partial charge in [-0.25, -0.2) is 0 Å². The summed E-state index contributed by atoms with van der Waals surface area (Å²) in [4.78, 5) is 3.95. The van der Waals surface area contributed by atoms with Crippen molar-refractivity contribution in [3.63, 3.8) is 0 Å². The monoisotopic (exact) mass is 253 g/mol. The molecule has 0 bridgehead atoms. The van der Waals surface area contributed by atoms with Crippen LogP contribution in [-0.2, 0) is 6.18 Å². The Bertz CT molecular complexity index is 508.